The molecule has 0 fully saturated rings. The molecule has 0 aromatic heterocycles. The maximum absolute atomic E-state index is 12.7. The van der Waals surface area contributed by atoms with E-state index in [0.717, 1.165) is 11.4 Å². The Hall–Kier alpha value is -3.28. The molecular formula is C20H18N2O4. The van der Waals surface area contributed by atoms with Crippen molar-refractivity contribution in [2.75, 3.05) is 38.0 Å². The number of hydrogen-bond donors (Lipinski definition) is 0. The maximum Gasteiger partial charge on any atom is 0.236 e. The Morgan fingerprint density at radius 2 is 1.04 bits per heavy atom. The molecule has 0 amide bonds. The first-order valence-corrected chi connectivity index (χ1v) is 8.19. The summed E-state index contributed by atoms with van der Waals surface area (Å²) >= 11 is 0. The first-order valence-electron chi connectivity index (χ1n) is 8.19. The van der Waals surface area contributed by atoms with Crippen LogP contribution in [0.15, 0.2) is 47.9 Å². The van der Waals surface area contributed by atoms with Crippen LogP contribution < -0.4 is 19.3 Å². The molecule has 0 N–H and O–H groups in total. The fourth-order valence-electron chi connectivity index (χ4n) is 2.98. The molecule has 0 bridgehead atoms. The zero-order valence-corrected chi connectivity index (χ0v) is 15.0. The molecule has 0 saturated carbocycles. The number of nitrogens with zero attached hydrogens (tertiary/aromatic N) is 2. The van der Waals surface area contributed by atoms with E-state index in [-0.39, 0.29) is 23.1 Å². The van der Waals surface area contributed by atoms with Crippen LogP contribution in [0.2, 0.25) is 0 Å². The fourth-order valence-corrected chi connectivity index (χ4v) is 2.98. The standard InChI is InChI=1S/C20H18N2O4/c1-21(2)11-5-7-13-15(9-11)25-19(17(13)23)20-18(24)14-8-6-12(22(3)4)10-16(14)26-20/h5-10H,1-4H3/b20-19-. The number of carbonyl (C=O) groups is 2. The molecule has 0 atom stereocenters. The van der Waals surface area contributed by atoms with Gasteiger partial charge in [0.25, 0.3) is 0 Å². The summed E-state index contributed by atoms with van der Waals surface area (Å²) < 4.78 is 11.4. The molecule has 132 valence electrons. The molecule has 0 saturated heterocycles. The third kappa shape index (κ3) is 2.34. The van der Waals surface area contributed by atoms with Gasteiger partial charge in [-0.3, -0.25) is 9.59 Å². The average Bonchev–Trinajstić information content (AvgIpc) is 3.11. The summed E-state index contributed by atoms with van der Waals surface area (Å²) in [5.41, 5.74) is 2.67. The number of carbonyl (C=O) groups excluding carboxylic acids is 2. The number of anilines is 2. The molecule has 4 rings (SSSR count). The van der Waals surface area contributed by atoms with Gasteiger partial charge in [0, 0.05) is 51.7 Å². The molecule has 2 aromatic rings. The molecule has 26 heavy (non-hydrogen) atoms. The maximum atomic E-state index is 12.7. The van der Waals surface area contributed by atoms with Gasteiger partial charge in [0.05, 0.1) is 11.1 Å². The second-order valence-corrected chi connectivity index (χ2v) is 6.67. The first-order chi connectivity index (χ1) is 12.4. The third-order valence-corrected chi connectivity index (χ3v) is 4.50. The van der Waals surface area contributed by atoms with Gasteiger partial charge in [-0.15, -0.1) is 0 Å². The van der Waals surface area contributed by atoms with Crippen LogP contribution in [-0.4, -0.2) is 39.8 Å². The lowest BCUT2D eigenvalue weighted by Crippen LogP contribution is -2.10. The second kappa shape index (κ2) is 5.62. The van der Waals surface area contributed by atoms with Gasteiger partial charge in [-0.2, -0.15) is 0 Å². The van der Waals surface area contributed by atoms with Crippen molar-refractivity contribution in [1.82, 2.24) is 0 Å². The summed E-state index contributed by atoms with van der Waals surface area (Å²) in [7, 11) is 7.61. The van der Waals surface area contributed by atoms with Crippen molar-refractivity contribution in [1.29, 1.82) is 0 Å². The quantitative estimate of drug-likeness (QED) is 0.776. The SMILES string of the molecule is CN(C)c1ccc2c(c1)O/C(=C1\Oc3cc(N(C)C)ccc3C1=O)C2=O. The molecule has 6 heteroatoms. The average molecular weight is 350 g/mol. The minimum atomic E-state index is -0.339. The van der Waals surface area contributed by atoms with Crippen LogP contribution >= 0.6 is 0 Å². The Labute approximate surface area is 151 Å². The van der Waals surface area contributed by atoms with Crippen LogP contribution in [0.3, 0.4) is 0 Å². The van der Waals surface area contributed by atoms with Crippen molar-refractivity contribution >= 4 is 22.9 Å². The minimum absolute atomic E-state index is 0.0523. The van der Waals surface area contributed by atoms with E-state index in [9.17, 15) is 9.59 Å². The lowest BCUT2D eigenvalue weighted by Gasteiger charge is -2.12. The summed E-state index contributed by atoms with van der Waals surface area (Å²) in [6.07, 6.45) is 0. The largest absolute Gasteiger partial charge is 0.448 e. The Morgan fingerprint density at radius 1 is 0.654 bits per heavy atom. The smallest absolute Gasteiger partial charge is 0.236 e. The van der Waals surface area contributed by atoms with Crippen LogP contribution in [-0.2, 0) is 0 Å². The van der Waals surface area contributed by atoms with Gasteiger partial charge in [0.2, 0.25) is 23.1 Å². The fraction of sp³-hybridized carbons (Fsp3) is 0.200. The van der Waals surface area contributed by atoms with E-state index in [1.807, 2.05) is 50.1 Å². The minimum Gasteiger partial charge on any atom is -0.448 e. The normalized spacial score (nSPS) is 17.5. The summed E-state index contributed by atoms with van der Waals surface area (Å²) in [4.78, 5) is 29.2. The van der Waals surface area contributed by atoms with Crippen LogP contribution in [0.1, 0.15) is 20.7 Å². The van der Waals surface area contributed by atoms with E-state index in [0.29, 0.717) is 22.6 Å². The van der Waals surface area contributed by atoms with Crippen LogP contribution in [0.25, 0.3) is 0 Å². The highest BCUT2D eigenvalue weighted by atomic mass is 16.5. The van der Waals surface area contributed by atoms with Gasteiger partial charge in [-0.25, -0.2) is 0 Å². The van der Waals surface area contributed by atoms with Crippen molar-refractivity contribution in [2.24, 2.45) is 0 Å². The van der Waals surface area contributed by atoms with Gasteiger partial charge in [-0.05, 0) is 24.3 Å². The van der Waals surface area contributed by atoms with E-state index in [2.05, 4.69) is 0 Å². The third-order valence-electron chi connectivity index (χ3n) is 4.50. The number of hydrogen-bond acceptors (Lipinski definition) is 6. The second-order valence-electron chi connectivity index (χ2n) is 6.67. The molecule has 0 spiro atoms. The topological polar surface area (TPSA) is 59.1 Å². The van der Waals surface area contributed by atoms with E-state index >= 15 is 0 Å². The van der Waals surface area contributed by atoms with Crippen LogP contribution in [0.4, 0.5) is 11.4 Å². The number of allylic oxidation sites excluding steroid dienone is 2. The molecule has 2 aliphatic heterocycles. The predicted octanol–water partition coefficient (Wildman–Crippen LogP) is 2.88. The molecular weight excluding hydrogens is 332 g/mol. The van der Waals surface area contributed by atoms with Crippen molar-refractivity contribution in [3.63, 3.8) is 0 Å². The van der Waals surface area contributed by atoms with E-state index in [1.165, 1.54) is 0 Å². The van der Waals surface area contributed by atoms with Crippen molar-refractivity contribution in [3.8, 4) is 11.5 Å². The van der Waals surface area contributed by atoms with Crippen molar-refractivity contribution < 1.29 is 19.1 Å². The predicted molar refractivity (Wildman–Crippen MR) is 98.5 cm³/mol. The summed E-state index contributed by atoms with van der Waals surface area (Å²) in [6.45, 7) is 0. The van der Waals surface area contributed by atoms with Crippen molar-refractivity contribution in [3.05, 3.63) is 59.0 Å². The van der Waals surface area contributed by atoms with Gasteiger partial charge >= 0.3 is 0 Å². The lowest BCUT2D eigenvalue weighted by atomic mass is 10.1. The van der Waals surface area contributed by atoms with Gasteiger partial charge in [0.15, 0.2) is 0 Å². The highest BCUT2D eigenvalue weighted by Crippen LogP contribution is 2.40. The Bertz CT molecular complexity index is 910. The van der Waals surface area contributed by atoms with Gasteiger partial charge < -0.3 is 19.3 Å². The summed E-state index contributed by atoms with van der Waals surface area (Å²) in [5.74, 6) is 0.0886. The van der Waals surface area contributed by atoms with Crippen molar-refractivity contribution in [2.45, 2.75) is 0 Å². The lowest BCUT2D eigenvalue weighted by molar-refractivity contribution is 0.0960. The Balaban J connectivity index is 1.74. The molecule has 0 aliphatic carbocycles. The molecule has 2 aromatic carbocycles. The number of fused-ring (bicyclic) bond motifs is 2. The Kier molecular flexibility index (Phi) is 3.50. The summed E-state index contributed by atoms with van der Waals surface area (Å²) in [5, 5.41) is 0. The van der Waals surface area contributed by atoms with Crippen LogP contribution in [0, 0.1) is 0 Å². The molecule has 2 aliphatic rings. The number of rotatable bonds is 2. The number of ketones is 2. The zero-order valence-electron chi connectivity index (χ0n) is 15.0. The van der Waals surface area contributed by atoms with E-state index < -0.39 is 0 Å². The van der Waals surface area contributed by atoms with Gasteiger partial charge in [-0.1, -0.05) is 0 Å². The number of Topliss-reactive ketones (excluding diaryl/α,β-unsaturated/α-hetero) is 2. The zero-order chi connectivity index (χ0) is 18.6. The molecule has 0 unspecified atom stereocenters. The van der Waals surface area contributed by atoms with Gasteiger partial charge in [0.1, 0.15) is 11.5 Å². The van der Waals surface area contributed by atoms with E-state index in [4.69, 9.17) is 9.47 Å². The highest BCUT2D eigenvalue weighted by Gasteiger charge is 2.39. The molecule has 6 nitrogen and oxygen atoms in total. The van der Waals surface area contributed by atoms with Crippen LogP contribution in [0.5, 0.6) is 11.5 Å². The Morgan fingerprint density at radius 3 is 1.38 bits per heavy atom. The monoisotopic (exact) mass is 350 g/mol. The van der Waals surface area contributed by atoms with E-state index in [1.54, 1.807) is 24.3 Å². The number of ether oxygens (including phenoxy) is 2. The molecule has 0 radical (unpaired) electrons. The highest BCUT2D eigenvalue weighted by molar-refractivity contribution is 6.21. The molecule has 2 heterocycles. The first kappa shape index (κ1) is 16.2. The number of benzene rings is 2. The summed E-state index contributed by atoms with van der Waals surface area (Å²) in [6, 6.07) is 10.6.